The van der Waals surface area contributed by atoms with Gasteiger partial charge in [0.2, 0.25) is 0 Å². The summed E-state index contributed by atoms with van der Waals surface area (Å²) in [7, 11) is 0. The highest BCUT2D eigenvalue weighted by Gasteiger charge is 2.34. The molecule has 2 rings (SSSR count). The largest absolute Gasteiger partial charge is 0.381 e. The van der Waals surface area contributed by atoms with Crippen molar-refractivity contribution in [3.05, 3.63) is 0 Å². The molecule has 118 valence electrons. The fourth-order valence-corrected chi connectivity index (χ4v) is 3.57. The highest BCUT2D eigenvalue weighted by Crippen LogP contribution is 2.32. The van der Waals surface area contributed by atoms with Crippen LogP contribution in [0.4, 0.5) is 0 Å². The van der Waals surface area contributed by atoms with Gasteiger partial charge in [0.05, 0.1) is 0 Å². The van der Waals surface area contributed by atoms with Crippen LogP contribution in [-0.2, 0) is 4.74 Å². The van der Waals surface area contributed by atoms with Crippen LogP contribution in [0.5, 0.6) is 0 Å². The third-order valence-electron chi connectivity index (χ3n) is 5.11. The number of ether oxygens (including phenoxy) is 1. The van der Waals surface area contributed by atoms with Gasteiger partial charge in [-0.25, -0.2) is 0 Å². The van der Waals surface area contributed by atoms with Crippen LogP contribution in [0, 0.1) is 11.3 Å². The van der Waals surface area contributed by atoms with Crippen LogP contribution in [-0.4, -0.2) is 50.3 Å². The summed E-state index contributed by atoms with van der Waals surface area (Å²) < 4.78 is 5.62. The van der Waals surface area contributed by atoms with Gasteiger partial charge in [0.15, 0.2) is 0 Å². The van der Waals surface area contributed by atoms with E-state index in [1.54, 1.807) is 0 Å². The van der Waals surface area contributed by atoms with Crippen molar-refractivity contribution in [1.29, 1.82) is 0 Å². The quantitative estimate of drug-likeness (QED) is 0.839. The maximum atomic E-state index is 5.62. The SMILES string of the molecule is CC1CCCN(CC2(CNC(C)C)CCOCC2)CC1. The van der Waals surface area contributed by atoms with Crippen molar-refractivity contribution in [2.75, 3.05) is 39.4 Å². The van der Waals surface area contributed by atoms with Crippen LogP contribution in [0.3, 0.4) is 0 Å². The normalized spacial score (nSPS) is 28.5. The topological polar surface area (TPSA) is 24.5 Å². The number of likely N-dealkylation sites (tertiary alicyclic amines) is 1. The van der Waals surface area contributed by atoms with Crippen molar-refractivity contribution in [2.45, 2.75) is 58.9 Å². The second-order valence-electron chi connectivity index (χ2n) is 7.46. The smallest absolute Gasteiger partial charge is 0.0472 e. The van der Waals surface area contributed by atoms with Gasteiger partial charge in [0.25, 0.3) is 0 Å². The predicted molar refractivity (Wildman–Crippen MR) is 85.1 cm³/mol. The molecule has 1 unspecified atom stereocenters. The van der Waals surface area contributed by atoms with E-state index >= 15 is 0 Å². The van der Waals surface area contributed by atoms with E-state index in [1.807, 2.05) is 0 Å². The molecule has 2 aliphatic heterocycles. The molecule has 2 fully saturated rings. The van der Waals surface area contributed by atoms with E-state index < -0.39 is 0 Å². The molecular formula is C17H34N2O. The number of nitrogens with one attached hydrogen (secondary N) is 1. The Morgan fingerprint density at radius 3 is 2.65 bits per heavy atom. The van der Waals surface area contributed by atoms with Crippen LogP contribution < -0.4 is 5.32 Å². The lowest BCUT2D eigenvalue weighted by Crippen LogP contribution is -2.48. The zero-order valence-corrected chi connectivity index (χ0v) is 13.8. The molecule has 2 heterocycles. The van der Waals surface area contributed by atoms with Gasteiger partial charge >= 0.3 is 0 Å². The molecule has 2 saturated heterocycles. The minimum absolute atomic E-state index is 0.441. The number of nitrogens with zero attached hydrogens (tertiary/aromatic N) is 1. The fourth-order valence-electron chi connectivity index (χ4n) is 3.57. The second-order valence-corrected chi connectivity index (χ2v) is 7.46. The monoisotopic (exact) mass is 282 g/mol. The molecule has 0 aliphatic carbocycles. The summed E-state index contributed by atoms with van der Waals surface area (Å²) in [5, 5.41) is 3.69. The van der Waals surface area contributed by atoms with E-state index in [2.05, 4.69) is 31.0 Å². The van der Waals surface area contributed by atoms with Gasteiger partial charge < -0.3 is 15.0 Å². The summed E-state index contributed by atoms with van der Waals surface area (Å²) >= 11 is 0. The van der Waals surface area contributed by atoms with Gasteiger partial charge in [-0.1, -0.05) is 20.8 Å². The second kappa shape index (κ2) is 7.77. The Hall–Kier alpha value is -0.120. The van der Waals surface area contributed by atoms with Crippen LogP contribution in [0.15, 0.2) is 0 Å². The molecule has 0 aromatic carbocycles. The minimum atomic E-state index is 0.441. The van der Waals surface area contributed by atoms with E-state index in [9.17, 15) is 0 Å². The standard InChI is InChI=1S/C17H34N2O/c1-15(2)18-13-17(7-11-20-12-8-17)14-19-9-4-5-16(3)6-10-19/h15-16,18H,4-14H2,1-3H3. The lowest BCUT2D eigenvalue weighted by atomic mass is 9.79. The number of hydrogen-bond donors (Lipinski definition) is 1. The average molecular weight is 282 g/mol. The summed E-state index contributed by atoms with van der Waals surface area (Å²) in [5.41, 5.74) is 0.441. The molecule has 0 saturated carbocycles. The van der Waals surface area contributed by atoms with Crippen LogP contribution in [0.25, 0.3) is 0 Å². The van der Waals surface area contributed by atoms with Gasteiger partial charge in [0.1, 0.15) is 0 Å². The third kappa shape index (κ3) is 5.01. The first-order chi connectivity index (χ1) is 9.60. The Bertz CT molecular complexity index is 274. The molecule has 0 aromatic rings. The van der Waals surface area contributed by atoms with Crippen molar-refractivity contribution in [1.82, 2.24) is 10.2 Å². The van der Waals surface area contributed by atoms with E-state index in [-0.39, 0.29) is 0 Å². The summed E-state index contributed by atoms with van der Waals surface area (Å²) in [6.45, 7) is 13.8. The van der Waals surface area contributed by atoms with Crippen LogP contribution in [0.2, 0.25) is 0 Å². The van der Waals surface area contributed by atoms with E-state index in [0.717, 1.165) is 25.7 Å². The van der Waals surface area contributed by atoms with Crippen molar-refractivity contribution < 1.29 is 4.74 Å². The number of hydrogen-bond acceptors (Lipinski definition) is 3. The molecule has 0 bridgehead atoms. The predicted octanol–water partition coefficient (Wildman–Crippen LogP) is 2.90. The maximum absolute atomic E-state index is 5.62. The average Bonchev–Trinajstić information content (AvgIpc) is 2.63. The van der Waals surface area contributed by atoms with E-state index in [1.165, 1.54) is 51.7 Å². The lowest BCUT2D eigenvalue weighted by molar-refractivity contribution is -0.00487. The summed E-state index contributed by atoms with van der Waals surface area (Å²) in [4.78, 5) is 2.73. The van der Waals surface area contributed by atoms with Crippen molar-refractivity contribution >= 4 is 0 Å². The maximum Gasteiger partial charge on any atom is 0.0472 e. The van der Waals surface area contributed by atoms with Crippen molar-refractivity contribution in [2.24, 2.45) is 11.3 Å². The van der Waals surface area contributed by atoms with Gasteiger partial charge in [-0.2, -0.15) is 0 Å². The lowest BCUT2D eigenvalue weighted by Gasteiger charge is -2.41. The van der Waals surface area contributed by atoms with Crippen LogP contribution >= 0.6 is 0 Å². The Balaban J connectivity index is 1.92. The van der Waals surface area contributed by atoms with Crippen molar-refractivity contribution in [3.63, 3.8) is 0 Å². The zero-order valence-electron chi connectivity index (χ0n) is 13.8. The molecule has 0 spiro atoms. The van der Waals surface area contributed by atoms with Gasteiger partial charge in [-0.3, -0.25) is 0 Å². The Labute approximate surface area is 125 Å². The van der Waals surface area contributed by atoms with Crippen molar-refractivity contribution in [3.8, 4) is 0 Å². The van der Waals surface area contributed by atoms with E-state index in [4.69, 9.17) is 4.74 Å². The first-order valence-corrected chi connectivity index (χ1v) is 8.63. The first kappa shape index (κ1) is 16.3. The Kier molecular flexibility index (Phi) is 6.31. The van der Waals surface area contributed by atoms with Gasteiger partial charge in [-0.15, -0.1) is 0 Å². The Morgan fingerprint density at radius 2 is 1.95 bits per heavy atom. The first-order valence-electron chi connectivity index (χ1n) is 8.63. The molecule has 1 N–H and O–H groups in total. The highest BCUT2D eigenvalue weighted by molar-refractivity contribution is 4.88. The molecule has 2 aliphatic rings. The summed E-state index contributed by atoms with van der Waals surface area (Å²) in [6.07, 6.45) is 6.62. The molecule has 3 nitrogen and oxygen atoms in total. The minimum Gasteiger partial charge on any atom is -0.381 e. The highest BCUT2D eigenvalue weighted by atomic mass is 16.5. The third-order valence-corrected chi connectivity index (χ3v) is 5.11. The number of rotatable bonds is 5. The molecule has 1 atom stereocenters. The molecule has 0 aromatic heterocycles. The molecular weight excluding hydrogens is 248 g/mol. The Morgan fingerprint density at radius 1 is 1.20 bits per heavy atom. The van der Waals surface area contributed by atoms with Gasteiger partial charge in [-0.05, 0) is 56.5 Å². The van der Waals surface area contributed by atoms with Gasteiger partial charge in [0, 0.05) is 32.3 Å². The summed E-state index contributed by atoms with van der Waals surface area (Å²) in [6, 6.07) is 0.582. The molecule has 0 radical (unpaired) electrons. The molecule has 3 heteroatoms. The fraction of sp³-hybridized carbons (Fsp3) is 1.00. The molecule has 0 amide bonds. The zero-order chi connectivity index (χ0) is 14.4. The molecule has 20 heavy (non-hydrogen) atoms. The van der Waals surface area contributed by atoms with E-state index in [0.29, 0.717) is 11.5 Å². The van der Waals surface area contributed by atoms with Crippen LogP contribution in [0.1, 0.15) is 52.9 Å². The summed E-state index contributed by atoms with van der Waals surface area (Å²) in [5.74, 6) is 0.916.